The monoisotopic (exact) mass is 356 g/mol. The summed E-state index contributed by atoms with van der Waals surface area (Å²) in [7, 11) is 3.09. The van der Waals surface area contributed by atoms with E-state index in [0.29, 0.717) is 16.5 Å². The van der Waals surface area contributed by atoms with Gasteiger partial charge in [-0.25, -0.2) is 9.78 Å². The molecule has 1 aromatic heterocycles. The average molecular weight is 356 g/mol. The van der Waals surface area contributed by atoms with Gasteiger partial charge in [0.1, 0.15) is 5.75 Å². The zero-order valence-corrected chi connectivity index (χ0v) is 15.7. The van der Waals surface area contributed by atoms with Gasteiger partial charge in [0.15, 0.2) is 0 Å². The summed E-state index contributed by atoms with van der Waals surface area (Å²) in [5.41, 5.74) is 3.42. The number of carbonyl (C=O) groups is 1. The van der Waals surface area contributed by atoms with E-state index in [1.54, 1.807) is 13.1 Å². The molecular formula is C20H24N2O4. The first-order valence-electron chi connectivity index (χ1n) is 8.80. The number of fused-ring (bicyclic) bond motifs is 1. The highest BCUT2D eigenvalue weighted by atomic mass is 16.5. The molecular weight excluding hydrogens is 332 g/mol. The van der Waals surface area contributed by atoms with Crippen molar-refractivity contribution in [2.24, 2.45) is 7.05 Å². The number of methoxy groups -OCH3 is 1. The van der Waals surface area contributed by atoms with Crippen LogP contribution in [0.15, 0.2) is 34.4 Å². The van der Waals surface area contributed by atoms with Crippen molar-refractivity contribution in [2.75, 3.05) is 7.11 Å². The smallest absolute Gasteiger partial charge is 0.333 e. The van der Waals surface area contributed by atoms with Crippen molar-refractivity contribution in [3.8, 4) is 5.75 Å². The van der Waals surface area contributed by atoms with E-state index < -0.39 is 0 Å². The summed E-state index contributed by atoms with van der Waals surface area (Å²) < 4.78 is 12.5. The van der Waals surface area contributed by atoms with Gasteiger partial charge in [-0.1, -0.05) is 5.57 Å². The first kappa shape index (κ1) is 18.2. The molecule has 0 unspecified atom stereocenters. The van der Waals surface area contributed by atoms with Crippen molar-refractivity contribution >= 4 is 16.9 Å². The molecule has 1 aliphatic carbocycles. The van der Waals surface area contributed by atoms with Crippen LogP contribution in [0.5, 0.6) is 5.75 Å². The number of esters is 1. The molecule has 1 aromatic carbocycles. The summed E-state index contributed by atoms with van der Waals surface area (Å²) in [6, 6.07) is 3.69. The van der Waals surface area contributed by atoms with Crippen LogP contribution in [-0.4, -0.2) is 28.7 Å². The number of benzene rings is 1. The summed E-state index contributed by atoms with van der Waals surface area (Å²) in [6.45, 7) is 3.78. The van der Waals surface area contributed by atoms with Crippen LogP contribution >= 0.6 is 0 Å². The molecule has 26 heavy (non-hydrogen) atoms. The van der Waals surface area contributed by atoms with Gasteiger partial charge in [-0.2, -0.15) is 0 Å². The van der Waals surface area contributed by atoms with Gasteiger partial charge in [0.2, 0.25) is 0 Å². The van der Waals surface area contributed by atoms with Crippen LogP contribution < -0.4 is 10.3 Å². The predicted molar refractivity (Wildman–Crippen MR) is 99.3 cm³/mol. The Kier molecular flexibility index (Phi) is 5.11. The third-order valence-corrected chi connectivity index (χ3v) is 5.07. The van der Waals surface area contributed by atoms with E-state index >= 15 is 0 Å². The van der Waals surface area contributed by atoms with Crippen molar-refractivity contribution < 1.29 is 14.3 Å². The molecule has 1 heterocycles. The fourth-order valence-corrected chi connectivity index (χ4v) is 3.38. The van der Waals surface area contributed by atoms with Gasteiger partial charge in [0.05, 0.1) is 30.4 Å². The first-order chi connectivity index (χ1) is 12.4. The Morgan fingerprint density at radius 1 is 1.27 bits per heavy atom. The van der Waals surface area contributed by atoms with Crippen LogP contribution in [0.25, 0.3) is 10.9 Å². The highest BCUT2D eigenvalue weighted by molar-refractivity contribution is 5.88. The van der Waals surface area contributed by atoms with Gasteiger partial charge in [-0.3, -0.25) is 4.79 Å². The molecule has 0 saturated heterocycles. The fourth-order valence-electron chi connectivity index (χ4n) is 3.38. The molecule has 138 valence electrons. The summed E-state index contributed by atoms with van der Waals surface area (Å²) in [4.78, 5) is 28.3. The summed E-state index contributed by atoms with van der Waals surface area (Å²) in [5.74, 6) is 0.470. The third-order valence-electron chi connectivity index (χ3n) is 5.07. The number of allylic oxidation sites excluding steroid dienone is 1. The average Bonchev–Trinajstić information content (AvgIpc) is 2.65. The minimum absolute atomic E-state index is 0.0703. The molecule has 1 saturated carbocycles. The van der Waals surface area contributed by atoms with E-state index in [2.05, 4.69) is 4.98 Å². The van der Waals surface area contributed by atoms with E-state index in [1.165, 1.54) is 18.0 Å². The lowest BCUT2D eigenvalue weighted by Crippen LogP contribution is -2.23. The molecule has 6 heteroatoms. The van der Waals surface area contributed by atoms with Crippen LogP contribution in [0, 0.1) is 6.92 Å². The number of aromatic nitrogens is 2. The molecule has 0 atom stereocenters. The van der Waals surface area contributed by atoms with Crippen LogP contribution in [-0.2, 0) is 16.6 Å². The molecule has 0 N–H and O–H groups in total. The van der Waals surface area contributed by atoms with Gasteiger partial charge in [0, 0.05) is 12.6 Å². The first-order valence-corrected chi connectivity index (χ1v) is 8.80. The van der Waals surface area contributed by atoms with Crippen LogP contribution in [0.2, 0.25) is 0 Å². The molecule has 0 radical (unpaired) electrons. The predicted octanol–water partition coefficient (Wildman–Crippen LogP) is 3.05. The van der Waals surface area contributed by atoms with Gasteiger partial charge < -0.3 is 14.0 Å². The number of aryl methyl sites for hydroxylation is 2. The Morgan fingerprint density at radius 2 is 1.96 bits per heavy atom. The number of hydrogen-bond donors (Lipinski definition) is 0. The van der Waals surface area contributed by atoms with Crippen molar-refractivity contribution in [1.29, 1.82) is 0 Å². The van der Waals surface area contributed by atoms with E-state index in [9.17, 15) is 9.59 Å². The van der Waals surface area contributed by atoms with Crippen LogP contribution in [0.4, 0.5) is 0 Å². The third kappa shape index (κ3) is 3.49. The Labute approximate surface area is 152 Å². The number of hydrogen-bond acceptors (Lipinski definition) is 5. The van der Waals surface area contributed by atoms with Crippen molar-refractivity contribution in [2.45, 2.75) is 45.6 Å². The minimum Gasteiger partial charge on any atom is -0.490 e. The van der Waals surface area contributed by atoms with E-state index in [0.717, 1.165) is 42.6 Å². The molecule has 0 bridgehead atoms. The maximum Gasteiger partial charge on any atom is 0.333 e. The number of nitrogens with zero attached hydrogens (tertiary/aromatic N) is 2. The number of carbonyl (C=O) groups excluding carboxylic acids is 1. The van der Waals surface area contributed by atoms with Crippen molar-refractivity contribution in [1.82, 2.24) is 9.55 Å². The van der Waals surface area contributed by atoms with Gasteiger partial charge in [0.25, 0.3) is 5.56 Å². The summed E-state index contributed by atoms with van der Waals surface area (Å²) >= 11 is 0. The maximum absolute atomic E-state index is 12.3. The van der Waals surface area contributed by atoms with E-state index in [-0.39, 0.29) is 17.6 Å². The second kappa shape index (κ2) is 7.32. The Hall–Kier alpha value is -2.63. The largest absolute Gasteiger partial charge is 0.490 e. The Morgan fingerprint density at radius 3 is 2.62 bits per heavy atom. The maximum atomic E-state index is 12.3. The van der Waals surface area contributed by atoms with E-state index in [1.807, 2.05) is 19.9 Å². The molecule has 1 aliphatic rings. The van der Waals surface area contributed by atoms with Crippen molar-refractivity contribution in [3.63, 3.8) is 0 Å². The van der Waals surface area contributed by atoms with Gasteiger partial charge in [-0.05, 0) is 57.2 Å². The highest BCUT2D eigenvalue weighted by Gasteiger charge is 2.22. The summed E-state index contributed by atoms with van der Waals surface area (Å²) in [6.07, 6.45) is 4.92. The SMILES string of the molecule is COC(=O)C(C)=C1CCC(Oc2cc3c(=O)n(C)cnc3cc2C)CC1. The quantitative estimate of drug-likeness (QED) is 0.624. The Balaban J connectivity index is 1.78. The number of ether oxygens (including phenoxy) is 2. The second-order valence-electron chi connectivity index (χ2n) is 6.83. The molecule has 2 aromatic rings. The van der Waals surface area contributed by atoms with Crippen LogP contribution in [0.3, 0.4) is 0 Å². The molecule has 3 rings (SSSR count). The zero-order valence-electron chi connectivity index (χ0n) is 15.7. The molecule has 6 nitrogen and oxygen atoms in total. The van der Waals surface area contributed by atoms with Gasteiger partial charge in [-0.15, -0.1) is 0 Å². The fraction of sp³-hybridized carbons (Fsp3) is 0.450. The normalized spacial score (nSPS) is 17.2. The lowest BCUT2D eigenvalue weighted by atomic mass is 9.89. The van der Waals surface area contributed by atoms with E-state index in [4.69, 9.17) is 9.47 Å². The van der Waals surface area contributed by atoms with Crippen LogP contribution in [0.1, 0.15) is 38.2 Å². The number of rotatable bonds is 3. The topological polar surface area (TPSA) is 70.4 Å². The molecule has 0 amide bonds. The Bertz CT molecular complexity index is 933. The highest BCUT2D eigenvalue weighted by Crippen LogP contribution is 2.31. The minimum atomic E-state index is -0.256. The lowest BCUT2D eigenvalue weighted by Gasteiger charge is -2.26. The van der Waals surface area contributed by atoms with Gasteiger partial charge >= 0.3 is 5.97 Å². The standard InChI is InChI=1S/C20H24N2O4/c1-12-9-17-16(19(23)22(3)11-21-17)10-18(12)26-15-7-5-14(6-8-15)13(2)20(24)25-4/h9-11,15H,5-8H2,1-4H3. The zero-order chi connectivity index (χ0) is 18.8. The molecule has 0 spiro atoms. The lowest BCUT2D eigenvalue weighted by molar-refractivity contribution is -0.136. The molecule has 1 fully saturated rings. The second-order valence-corrected chi connectivity index (χ2v) is 6.83. The van der Waals surface area contributed by atoms with Crippen molar-refractivity contribution in [3.05, 3.63) is 45.5 Å². The molecule has 0 aliphatic heterocycles. The summed E-state index contributed by atoms with van der Waals surface area (Å²) in [5, 5.41) is 0.563.